The van der Waals surface area contributed by atoms with Crippen molar-refractivity contribution in [2.24, 2.45) is 0 Å². The number of halogens is 4. The van der Waals surface area contributed by atoms with Crippen LogP contribution < -0.4 is 21.7 Å². The quantitative estimate of drug-likeness (QED) is 0.0561. The maximum absolute atomic E-state index is 13.6. The molecular weight excluding hydrogens is 1040 g/mol. The number of hydrogen-bond donors (Lipinski definition) is 4. The molecule has 8 aromatic rings. The Morgan fingerprint density at radius 1 is 0.689 bits per heavy atom. The van der Waals surface area contributed by atoms with Crippen LogP contribution in [0.2, 0.25) is 10.0 Å². The van der Waals surface area contributed by atoms with Crippen molar-refractivity contribution in [1.29, 1.82) is 10.5 Å². The Kier molecular flexibility index (Phi) is 18.9. The number of fused-ring (bicyclic) bond motifs is 2. The molecular formula is C53H52Cl2F2N12O2S3. The zero-order valence-corrected chi connectivity index (χ0v) is 44.6. The van der Waals surface area contributed by atoms with Crippen molar-refractivity contribution in [2.75, 3.05) is 68.3 Å². The summed E-state index contributed by atoms with van der Waals surface area (Å²) in [7, 11) is 4.25. The predicted molar refractivity (Wildman–Crippen MR) is 297 cm³/mol. The Morgan fingerprint density at radius 3 is 1.62 bits per heavy atom. The second-order valence-electron chi connectivity index (χ2n) is 17.6. The zero-order chi connectivity index (χ0) is 52.1. The van der Waals surface area contributed by atoms with Crippen molar-refractivity contribution in [3.63, 3.8) is 0 Å². The third-order valence-corrected chi connectivity index (χ3v) is 15.4. The molecule has 14 nitrogen and oxygen atoms in total. The Hall–Kier alpha value is -6.23. The first-order valence-corrected chi connectivity index (χ1v) is 27.1. The highest BCUT2D eigenvalue weighted by Crippen LogP contribution is 2.38. The van der Waals surface area contributed by atoms with Gasteiger partial charge in [-0.15, -0.1) is 11.3 Å². The van der Waals surface area contributed by atoms with Crippen LogP contribution in [0.4, 0.5) is 48.0 Å². The normalized spacial score (nSPS) is 15.1. The minimum absolute atomic E-state index is 0.00280. The van der Waals surface area contributed by atoms with E-state index in [-0.39, 0.29) is 10.0 Å². The Morgan fingerprint density at radius 2 is 1.16 bits per heavy atom. The van der Waals surface area contributed by atoms with Gasteiger partial charge in [-0.1, -0.05) is 70.6 Å². The van der Waals surface area contributed by atoms with E-state index < -0.39 is 11.6 Å². The van der Waals surface area contributed by atoms with Crippen LogP contribution in [0.15, 0.2) is 102 Å². The first-order valence-electron chi connectivity index (χ1n) is 23.5. The molecule has 0 saturated carbocycles. The summed E-state index contributed by atoms with van der Waals surface area (Å²) in [6.45, 7) is 5.56. The van der Waals surface area contributed by atoms with Gasteiger partial charge in [0, 0.05) is 74.5 Å². The number of nitrogens with one attached hydrogen (secondary N) is 3. The number of nitrogens with two attached hydrogens (primary N) is 1. The van der Waals surface area contributed by atoms with Crippen molar-refractivity contribution in [3.8, 4) is 12.1 Å². The lowest BCUT2D eigenvalue weighted by Crippen LogP contribution is -2.28. The highest BCUT2D eigenvalue weighted by Gasteiger charge is 2.20. The lowest BCUT2D eigenvalue weighted by Gasteiger charge is -2.20. The number of rotatable bonds is 15. The molecule has 4 aromatic heterocycles. The molecule has 2 aliphatic heterocycles. The summed E-state index contributed by atoms with van der Waals surface area (Å²) >= 11 is 16.1. The molecule has 0 aliphatic carbocycles. The van der Waals surface area contributed by atoms with Gasteiger partial charge in [0.2, 0.25) is 0 Å². The average Bonchev–Trinajstić information content (AvgIpc) is 4.25. The van der Waals surface area contributed by atoms with Crippen LogP contribution in [0, 0.1) is 34.3 Å². The average molecular weight is 1090 g/mol. The fourth-order valence-corrected chi connectivity index (χ4v) is 11.0. The fourth-order valence-electron chi connectivity index (χ4n) is 8.19. The largest absolute Gasteiger partial charge is 0.399 e. The van der Waals surface area contributed by atoms with E-state index in [1.165, 1.54) is 95.1 Å². The van der Waals surface area contributed by atoms with Crippen LogP contribution in [0.25, 0.3) is 20.7 Å². The standard InChI is InChI=1S/C26H24ClFN6OS.C14H8ClFN4S2.C13H20N2O/c1-34(15-20-3-2-10-35-20)14-16-4-6-18(7-5-16)32-26-33-25-24(36-26)23(17(12-29)13-30-25)31-19-8-9-22(28)21(27)11-19;1-21-14-20-13-12(22-14)11(7(5-17)6-18-13)19-8-2-3-10(16)9(15)4-8;1-15(10-13-3-2-8-16-13)9-11-4-6-12(14)7-5-11/h4-9,11,13,20H,2-3,10,14-15H2,1H3,(H2,30,31,32,33);2-4,6H,1H3,(H,18,19);4-7,13H,2-3,8-10,14H2,1H3/t20-;;13-/m1.1/s1. The number of pyridine rings is 2. The van der Waals surface area contributed by atoms with Gasteiger partial charge in [-0.3, -0.25) is 9.80 Å². The third kappa shape index (κ3) is 14.5. The summed E-state index contributed by atoms with van der Waals surface area (Å²) in [4.78, 5) is 22.1. The number of aromatic nitrogens is 4. The summed E-state index contributed by atoms with van der Waals surface area (Å²) in [5, 5.41) is 29.2. The summed E-state index contributed by atoms with van der Waals surface area (Å²) in [5.41, 5.74) is 14.0. The maximum Gasteiger partial charge on any atom is 0.189 e. The van der Waals surface area contributed by atoms with Crippen molar-refractivity contribution in [1.82, 2.24) is 29.7 Å². The lowest BCUT2D eigenvalue weighted by molar-refractivity contribution is 0.0791. The number of benzene rings is 4. The number of likely N-dealkylation sites (N-methyl/N-ethyl adjacent to an activating group) is 2. The maximum atomic E-state index is 13.6. The van der Waals surface area contributed by atoms with E-state index in [9.17, 15) is 19.3 Å². The second kappa shape index (κ2) is 25.8. The third-order valence-electron chi connectivity index (χ3n) is 11.8. The minimum atomic E-state index is -0.507. The number of nitriles is 2. The topological polar surface area (TPSA) is 186 Å². The molecule has 2 fully saturated rings. The van der Waals surface area contributed by atoms with E-state index in [4.69, 9.17) is 38.4 Å². The Labute approximate surface area is 450 Å². The number of nitrogens with zero attached hydrogens (tertiary/aromatic N) is 8. The molecule has 10 rings (SSSR count). The van der Waals surface area contributed by atoms with E-state index in [2.05, 4.69) is 96.2 Å². The molecule has 6 heterocycles. The van der Waals surface area contributed by atoms with Crippen LogP contribution in [0.1, 0.15) is 47.9 Å². The second-order valence-corrected chi connectivity index (χ2v) is 21.4. The van der Waals surface area contributed by atoms with E-state index >= 15 is 0 Å². The molecule has 0 radical (unpaired) electrons. The Bertz CT molecular complexity index is 3270. The molecule has 2 saturated heterocycles. The van der Waals surface area contributed by atoms with Crippen molar-refractivity contribution in [3.05, 3.63) is 141 Å². The molecule has 4 aromatic carbocycles. The van der Waals surface area contributed by atoms with Gasteiger partial charge in [0.15, 0.2) is 20.8 Å². The van der Waals surface area contributed by atoms with Crippen LogP contribution in [-0.4, -0.2) is 88.6 Å². The van der Waals surface area contributed by atoms with Gasteiger partial charge in [0.1, 0.15) is 28.5 Å². The van der Waals surface area contributed by atoms with E-state index in [0.29, 0.717) is 67.2 Å². The van der Waals surface area contributed by atoms with E-state index in [1.54, 1.807) is 12.1 Å². The smallest absolute Gasteiger partial charge is 0.189 e. The SMILES string of the molecule is CN(Cc1ccc(N)cc1)C[C@H]1CCCO1.CN(Cc1ccc(Nc2nc3ncc(C#N)c(Nc4ccc(F)c(Cl)c4)c3s2)cc1)C[C@H]1CCCO1.CSc1nc2ncc(C#N)c(Nc3ccc(F)c(Cl)c3)c2s1. The number of nitrogen functional groups attached to an aromatic ring is 1. The molecule has 74 heavy (non-hydrogen) atoms. The first kappa shape index (κ1) is 54.0. The Balaban J connectivity index is 0.000000163. The van der Waals surface area contributed by atoms with Crippen molar-refractivity contribution >= 4 is 118 Å². The number of thiazole rings is 2. The molecule has 2 aliphatic rings. The van der Waals surface area contributed by atoms with Crippen LogP contribution >= 0.6 is 57.6 Å². The van der Waals surface area contributed by atoms with Crippen LogP contribution in [0.3, 0.4) is 0 Å². The molecule has 382 valence electrons. The van der Waals surface area contributed by atoms with Gasteiger partial charge in [-0.2, -0.15) is 15.5 Å². The summed E-state index contributed by atoms with van der Waals surface area (Å²) < 4.78 is 40.5. The number of anilines is 7. The number of hydrogen-bond acceptors (Lipinski definition) is 17. The first-order chi connectivity index (χ1) is 35.8. The molecule has 0 unspecified atom stereocenters. The van der Waals surface area contributed by atoms with Gasteiger partial charge in [0.25, 0.3) is 0 Å². The number of thioether (sulfide) groups is 1. The zero-order valence-electron chi connectivity index (χ0n) is 40.7. The summed E-state index contributed by atoms with van der Waals surface area (Å²) in [5.74, 6) is -0.998. The predicted octanol–water partition coefficient (Wildman–Crippen LogP) is 13.2. The molecule has 5 N–H and O–H groups in total. The van der Waals surface area contributed by atoms with E-state index in [1.807, 2.05) is 30.5 Å². The summed E-state index contributed by atoms with van der Waals surface area (Å²) in [6.07, 6.45) is 10.3. The van der Waals surface area contributed by atoms with Gasteiger partial charge < -0.3 is 31.2 Å². The van der Waals surface area contributed by atoms with Gasteiger partial charge in [-0.05, 0) is 118 Å². The summed E-state index contributed by atoms with van der Waals surface area (Å²) in [6, 6.07) is 29.2. The minimum Gasteiger partial charge on any atom is -0.399 e. The lowest BCUT2D eigenvalue weighted by atomic mass is 10.2. The molecule has 21 heteroatoms. The highest BCUT2D eigenvalue weighted by molar-refractivity contribution is 8.00. The van der Waals surface area contributed by atoms with Crippen LogP contribution in [-0.2, 0) is 22.6 Å². The van der Waals surface area contributed by atoms with Crippen molar-refractivity contribution < 1.29 is 18.3 Å². The van der Waals surface area contributed by atoms with Crippen molar-refractivity contribution in [2.45, 2.75) is 55.3 Å². The van der Waals surface area contributed by atoms with Gasteiger partial charge in [0.05, 0.1) is 49.5 Å². The fraction of sp³-hybridized carbons (Fsp3) is 0.283. The van der Waals surface area contributed by atoms with Gasteiger partial charge in [-0.25, -0.2) is 23.7 Å². The molecule has 0 amide bonds. The van der Waals surface area contributed by atoms with E-state index in [0.717, 1.165) is 72.6 Å². The number of ether oxygens (including phenoxy) is 2. The van der Waals surface area contributed by atoms with Crippen LogP contribution in [0.5, 0.6) is 0 Å². The highest BCUT2D eigenvalue weighted by atomic mass is 35.5. The molecule has 0 spiro atoms. The van der Waals surface area contributed by atoms with Gasteiger partial charge >= 0.3 is 0 Å². The molecule has 2 atom stereocenters. The molecule has 0 bridgehead atoms. The monoisotopic (exact) mass is 1090 g/mol.